The largest absolute Gasteiger partial charge is 0.316 e. The van der Waals surface area contributed by atoms with Crippen molar-refractivity contribution in [1.82, 2.24) is 5.32 Å². The lowest BCUT2D eigenvalue weighted by molar-refractivity contribution is 0.564. The van der Waals surface area contributed by atoms with Gasteiger partial charge in [-0.05, 0) is 37.4 Å². The van der Waals surface area contributed by atoms with Crippen LogP contribution in [0.3, 0.4) is 0 Å². The highest BCUT2D eigenvalue weighted by molar-refractivity contribution is 7.09. The second-order valence-corrected chi connectivity index (χ2v) is 5.73. The van der Waals surface area contributed by atoms with Gasteiger partial charge in [-0.25, -0.2) is 0 Å². The molecule has 1 aromatic rings. The van der Waals surface area contributed by atoms with Crippen LogP contribution in [0, 0.1) is 0 Å². The van der Waals surface area contributed by atoms with Crippen LogP contribution >= 0.6 is 11.3 Å². The van der Waals surface area contributed by atoms with Crippen LogP contribution in [-0.2, 0) is 6.42 Å². The molecule has 1 rings (SSSR count). The van der Waals surface area contributed by atoms with Crippen molar-refractivity contribution in [3.05, 3.63) is 22.4 Å². The molecular weight excluding hydrogens is 226 g/mol. The average molecular weight is 253 g/mol. The first-order chi connectivity index (χ1) is 8.43. The molecule has 0 amide bonds. The fraction of sp³-hybridized carbons (Fsp3) is 0.733. The molecule has 0 aliphatic rings. The molecule has 0 aliphatic carbocycles. The predicted molar refractivity (Wildman–Crippen MR) is 78.9 cm³/mol. The van der Waals surface area contributed by atoms with E-state index >= 15 is 0 Å². The Balaban J connectivity index is 1.76. The Morgan fingerprint density at radius 1 is 1.00 bits per heavy atom. The molecule has 0 aliphatic heterocycles. The lowest BCUT2D eigenvalue weighted by Gasteiger charge is -2.04. The summed E-state index contributed by atoms with van der Waals surface area (Å²) in [7, 11) is 0. The zero-order chi connectivity index (χ0) is 12.2. The third-order valence-corrected chi connectivity index (χ3v) is 4.02. The molecule has 0 aromatic carbocycles. The van der Waals surface area contributed by atoms with E-state index in [1.165, 1.54) is 62.8 Å². The van der Waals surface area contributed by atoms with Crippen molar-refractivity contribution in [3.63, 3.8) is 0 Å². The first kappa shape index (κ1) is 14.7. The summed E-state index contributed by atoms with van der Waals surface area (Å²) in [5.74, 6) is 0. The number of hydrogen-bond acceptors (Lipinski definition) is 2. The lowest BCUT2D eigenvalue weighted by Crippen LogP contribution is -2.18. The van der Waals surface area contributed by atoms with E-state index in [1.54, 1.807) is 0 Å². The summed E-state index contributed by atoms with van der Waals surface area (Å²) in [5, 5.41) is 5.69. The van der Waals surface area contributed by atoms with E-state index in [0.717, 1.165) is 6.54 Å². The molecule has 0 fully saturated rings. The van der Waals surface area contributed by atoms with Gasteiger partial charge < -0.3 is 5.32 Å². The summed E-state index contributed by atoms with van der Waals surface area (Å²) in [6.45, 7) is 4.60. The van der Waals surface area contributed by atoms with Gasteiger partial charge in [0, 0.05) is 4.88 Å². The van der Waals surface area contributed by atoms with E-state index in [4.69, 9.17) is 0 Å². The number of unbranched alkanes of at least 4 members (excludes halogenated alkanes) is 6. The van der Waals surface area contributed by atoms with Gasteiger partial charge in [0.15, 0.2) is 0 Å². The van der Waals surface area contributed by atoms with Crippen molar-refractivity contribution in [2.24, 2.45) is 0 Å². The number of rotatable bonds is 11. The van der Waals surface area contributed by atoms with Crippen molar-refractivity contribution in [2.75, 3.05) is 13.1 Å². The quantitative estimate of drug-likeness (QED) is 0.567. The maximum atomic E-state index is 3.53. The van der Waals surface area contributed by atoms with Crippen molar-refractivity contribution in [2.45, 2.75) is 58.3 Å². The fourth-order valence-electron chi connectivity index (χ4n) is 2.00. The van der Waals surface area contributed by atoms with Crippen LogP contribution in [0.25, 0.3) is 0 Å². The lowest BCUT2D eigenvalue weighted by atomic mass is 10.1. The summed E-state index contributed by atoms with van der Waals surface area (Å²) < 4.78 is 0. The molecule has 0 bridgehead atoms. The summed E-state index contributed by atoms with van der Waals surface area (Å²) in [4.78, 5) is 1.50. The van der Waals surface area contributed by atoms with Gasteiger partial charge >= 0.3 is 0 Å². The molecule has 0 spiro atoms. The molecule has 0 saturated carbocycles. The minimum atomic E-state index is 1.14. The Bertz CT molecular complexity index is 243. The van der Waals surface area contributed by atoms with E-state index in [-0.39, 0.29) is 0 Å². The molecule has 1 nitrogen and oxygen atoms in total. The van der Waals surface area contributed by atoms with E-state index in [2.05, 4.69) is 29.8 Å². The van der Waals surface area contributed by atoms with Gasteiger partial charge in [-0.3, -0.25) is 0 Å². The smallest absolute Gasteiger partial charge is 0.00578 e. The van der Waals surface area contributed by atoms with Crippen molar-refractivity contribution in [1.29, 1.82) is 0 Å². The minimum Gasteiger partial charge on any atom is -0.316 e. The summed E-state index contributed by atoms with van der Waals surface area (Å²) in [6, 6.07) is 4.36. The molecular formula is C15H27NS. The van der Waals surface area contributed by atoms with Crippen LogP contribution in [0.2, 0.25) is 0 Å². The maximum Gasteiger partial charge on any atom is 0.00578 e. The first-order valence-corrected chi connectivity index (χ1v) is 8.04. The maximum absolute atomic E-state index is 3.53. The van der Waals surface area contributed by atoms with E-state index in [0.29, 0.717) is 0 Å². The van der Waals surface area contributed by atoms with Gasteiger partial charge in [-0.2, -0.15) is 0 Å². The normalized spacial score (nSPS) is 10.9. The van der Waals surface area contributed by atoms with Gasteiger partial charge in [0.25, 0.3) is 0 Å². The topological polar surface area (TPSA) is 12.0 Å². The minimum absolute atomic E-state index is 1.14. The van der Waals surface area contributed by atoms with Crippen LogP contribution in [0.4, 0.5) is 0 Å². The highest BCUT2D eigenvalue weighted by atomic mass is 32.1. The second-order valence-electron chi connectivity index (χ2n) is 4.70. The van der Waals surface area contributed by atoms with Gasteiger partial charge in [0.1, 0.15) is 0 Å². The Morgan fingerprint density at radius 3 is 2.47 bits per heavy atom. The Kier molecular flexibility index (Phi) is 9.34. The first-order valence-electron chi connectivity index (χ1n) is 7.16. The van der Waals surface area contributed by atoms with Crippen molar-refractivity contribution < 1.29 is 0 Å². The molecule has 1 N–H and O–H groups in total. The molecule has 98 valence electrons. The molecule has 0 atom stereocenters. The molecule has 0 saturated heterocycles. The zero-order valence-corrected chi connectivity index (χ0v) is 12.0. The predicted octanol–water partition coefficient (Wildman–Crippen LogP) is 4.63. The highest BCUT2D eigenvalue weighted by Crippen LogP contribution is 2.08. The average Bonchev–Trinajstić information content (AvgIpc) is 2.85. The van der Waals surface area contributed by atoms with Crippen LogP contribution in [0.5, 0.6) is 0 Å². The molecule has 1 aromatic heterocycles. The molecule has 0 radical (unpaired) electrons. The summed E-state index contributed by atoms with van der Waals surface area (Å²) in [6.07, 6.45) is 11.0. The monoisotopic (exact) mass is 253 g/mol. The van der Waals surface area contributed by atoms with E-state index in [1.807, 2.05) is 11.3 Å². The number of hydrogen-bond donors (Lipinski definition) is 1. The summed E-state index contributed by atoms with van der Waals surface area (Å²) in [5.41, 5.74) is 0. The molecule has 17 heavy (non-hydrogen) atoms. The number of nitrogens with one attached hydrogen (secondary N) is 1. The molecule has 0 unspecified atom stereocenters. The Hall–Kier alpha value is -0.340. The molecule has 2 heteroatoms. The Labute approximate surface area is 111 Å². The van der Waals surface area contributed by atoms with Gasteiger partial charge in [0.05, 0.1) is 0 Å². The van der Waals surface area contributed by atoms with Crippen LogP contribution in [0.1, 0.15) is 56.7 Å². The van der Waals surface area contributed by atoms with Gasteiger partial charge in [-0.1, -0.05) is 51.5 Å². The van der Waals surface area contributed by atoms with E-state index in [9.17, 15) is 0 Å². The van der Waals surface area contributed by atoms with E-state index < -0.39 is 0 Å². The van der Waals surface area contributed by atoms with Crippen LogP contribution in [0.15, 0.2) is 17.5 Å². The summed E-state index contributed by atoms with van der Waals surface area (Å²) >= 11 is 1.86. The third-order valence-electron chi connectivity index (χ3n) is 3.09. The van der Waals surface area contributed by atoms with Crippen LogP contribution < -0.4 is 5.32 Å². The zero-order valence-electron chi connectivity index (χ0n) is 11.2. The van der Waals surface area contributed by atoms with Gasteiger partial charge in [0.2, 0.25) is 0 Å². The standard InChI is InChI=1S/C15H27NS/c1-2-3-4-5-6-7-8-12-16-13-11-15-10-9-14-17-15/h9-10,14,16H,2-8,11-13H2,1H3. The highest BCUT2D eigenvalue weighted by Gasteiger charge is 1.94. The van der Waals surface area contributed by atoms with Crippen LogP contribution in [-0.4, -0.2) is 13.1 Å². The van der Waals surface area contributed by atoms with Crippen molar-refractivity contribution >= 4 is 11.3 Å². The third kappa shape index (κ3) is 8.39. The SMILES string of the molecule is CCCCCCCCCNCCc1cccs1. The second kappa shape index (κ2) is 10.8. The van der Waals surface area contributed by atoms with Gasteiger partial charge in [-0.15, -0.1) is 11.3 Å². The fourth-order valence-corrected chi connectivity index (χ4v) is 2.71. The molecule has 1 heterocycles. The number of thiophene rings is 1. The van der Waals surface area contributed by atoms with Crippen molar-refractivity contribution in [3.8, 4) is 0 Å². The Morgan fingerprint density at radius 2 is 1.76 bits per heavy atom.